The number of nitrogens with one attached hydrogen (secondary N) is 1. The van der Waals surface area contributed by atoms with Crippen LogP contribution < -0.4 is 5.69 Å². The summed E-state index contributed by atoms with van der Waals surface area (Å²) in [5, 5.41) is 10.8. The van der Waals surface area contributed by atoms with Gasteiger partial charge < -0.3 is 4.52 Å². The van der Waals surface area contributed by atoms with Crippen LogP contribution >= 0.6 is 0 Å². The Morgan fingerprint density at radius 2 is 2.00 bits per heavy atom. The van der Waals surface area contributed by atoms with Crippen molar-refractivity contribution in [3.63, 3.8) is 0 Å². The van der Waals surface area contributed by atoms with E-state index in [2.05, 4.69) is 15.4 Å². The van der Waals surface area contributed by atoms with Gasteiger partial charge in [-0.25, -0.2) is 9.89 Å². The fraction of sp³-hybridized carbons (Fsp3) is 0.312. The maximum Gasteiger partial charge on any atom is 0.343 e. The van der Waals surface area contributed by atoms with Crippen LogP contribution in [-0.2, 0) is 19.4 Å². The van der Waals surface area contributed by atoms with Crippen LogP contribution in [-0.4, -0.2) is 19.9 Å². The summed E-state index contributed by atoms with van der Waals surface area (Å²) in [4.78, 5) is 12.1. The van der Waals surface area contributed by atoms with E-state index in [0.717, 1.165) is 42.7 Å². The zero-order chi connectivity index (χ0) is 14.9. The molecule has 0 bridgehead atoms. The molecule has 0 saturated heterocycles. The van der Waals surface area contributed by atoms with E-state index < -0.39 is 0 Å². The van der Waals surface area contributed by atoms with E-state index in [4.69, 9.17) is 4.52 Å². The maximum atomic E-state index is 12.1. The topological polar surface area (TPSA) is 76.7 Å². The van der Waals surface area contributed by atoms with Crippen LogP contribution in [0.25, 0.3) is 11.4 Å². The van der Waals surface area contributed by atoms with Gasteiger partial charge in [-0.3, -0.25) is 4.57 Å². The van der Waals surface area contributed by atoms with E-state index in [0.29, 0.717) is 12.4 Å². The van der Waals surface area contributed by atoms with Crippen LogP contribution in [0.4, 0.5) is 0 Å². The molecule has 0 atom stereocenters. The van der Waals surface area contributed by atoms with Gasteiger partial charge in [0.2, 0.25) is 0 Å². The largest absolute Gasteiger partial charge is 0.361 e. The molecular formula is C16H16N4O2. The molecule has 1 aliphatic rings. The highest BCUT2D eigenvalue weighted by Crippen LogP contribution is 2.25. The Labute approximate surface area is 126 Å². The first-order valence-corrected chi connectivity index (χ1v) is 7.50. The average Bonchev–Trinajstić information content (AvgIpc) is 3.14. The Kier molecular flexibility index (Phi) is 3.14. The van der Waals surface area contributed by atoms with E-state index >= 15 is 0 Å². The van der Waals surface area contributed by atoms with Gasteiger partial charge in [-0.1, -0.05) is 35.5 Å². The molecule has 0 fully saturated rings. The summed E-state index contributed by atoms with van der Waals surface area (Å²) in [6, 6.07) is 9.66. The van der Waals surface area contributed by atoms with Gasteiger partial charge in [0.1, 0.15) is 11.5 Å². The van der Waals surface area contributed by atoms with Crippen molar-refractivity contribution in [2.45, 2.75) is 32.2 Å². The average molecular weight is 296 g/mol. The fourth-order valence-electron chi connectivity index (χ4n) is 2.99. The quantitative estimate of drug-likeness (QED) is 0.803. The van der Waals surface area contributed by atoms with Crippen molar-refractivity contribution < 1.29 is 4.52 Å². The molecule has 0 saturated carbocycles. The standard InChI is InChI=1S/C16H16N4O2/c21-16-18-17-15(11-6-2-1-3-7-11)20(16)10-13-12-8-4-5-9-14(12)22-19-13/h1-3,6-7H,4-5,8-10H2,(H,18,21). The number of aryl methyl sites for hydroxylation is 1. The van der Waals surface area contributed by atoms with Gasteiger partial charge in [0, 0.05) is 17.5 Å². The number of hydrogen-bond donors (Lipinski definition) is 1. The lowest BCUT2D eigenvalue weighted by atomic mass is 9.96. The van der Waals surface area contributed by atoms with Gasteiger partial charge in [-0.05, 0) is 19.3 Å². The van der Waals surface area contributed by atoms with E-state index in [1.54, 1.807) is 4.57 Å². The van der Waals surface area contributed by atoms with E-state index in [9.17, 15) is 4.79 Å². The molecule has 0 spiro atoms. The van der Waals surface area contributed by atoms with Crippen LogP contribution in [0.15, 0.2) is 39.6 Å². The van der Waals surface area contributed by atoms with Gasteiger partial charge >= 0.3 is 5.69 Å². The van der Waals surface area contributed by atoms with Crippen LogP contribution in [0, 0.1) is 0 Å². The van der Waals surface area contributed by atoms with E-state index in [1.165, 1.54) is 5.56 Å². The van der Waals surface area contributed by atoms with Gasteiger partial charge in [-0.2, -0.15) is 5.10 Å². The smallest absolute Gasteiger partial charge is 0.343 e. The zero-order valence-electron chi connectivity index (χ0n) is 12.1. The first-order chi connectivity index (χ1) is 10.8. The number of benzene rings is 1. The molecule has 112 valence electrons. The predicted octanol–water partition coefficient (Wildman–Crippen LogP) is 2.15. The Hall–Kier alpha value is -2.63. The SMILES string of the molecule is O=c1[nH]nc(-c2ccccc2)n1Cc1noc2c1CCCC2. The second-order valence-corrected chi connectivity index (χ2v) is 5.54. The maximum absolute atomic E-state index is 12.1. The summed E-state index contributed by atoms with van der Waals surface area (Å²) in [6.45, 7) is 0.387. The normalized spacial score (nSPS) is 14.0. The molecule has 6 nitrogen and oxygen atoms in total. The molecule has 6 heteroatoms. The first-order valence-electron chi connectivity index (χ1n) is 7.50. The van der Waals surface area contributed by atoms with Crippen LogP contribution in [0.5, 0.6) is 0 Å². The lowest BCUT2D eigenvalue weighted by molar-refractivity contribution is 0.367. The Morgan fingerprint density at radius 3 is 2.86 bits per heavy atom. The zero-order valence-corrected chi connectivity index (χ0v) is 12.1. The van der Waals surface area contributed by atoms with Crippen molar-refractivity contribution in [2.24, 2.45) is 0 Å². The van der Waals surface area contributed by atoms with Crippen molar-refractivity contribution in [3.8, 4) is 11.4 Å². The second-order valence-electron chi connectivity index (χ2n) is 5.54. The van der Waals surface area contributed by atoms with Crippen molar-refractivity contribution >= 4 is 0 Å². The van der Waals surface area contributed by atoms with Crippen molar-refractivity contribution in [2.75, 3.05) is 0 Å². The second kappa shape index (κ2) is 5.29. The van der Waals surface area contributed by atoms with Crippen molar-refractivity contribution in [1.29, 1.82) is 0 Å². The third kappa shape index (κ3) is 2.16. The summed E-state index contributed by atoms with van der Waals surface area (Å²) in [5.74, 6) is 1.59. The molecule has 0 amide bonds. The number of rotatable bonds is 3. The summed E-state index contributed by atoms with van der Waals surface area (Å²) in [7, 11) is 0. The third-order valence-corrected chi connectivity index (χ3v) is 4.13. The minimum Gasteiger partial charge on any atom is -0.361 e. The lowest BCUT2D eigenvalue weighted by Gasteiger charge is -2.10. The lowest BCUT2D eigenvalue weighted by Crippen LogP contribution is -2.19. The van der Waals surface area contributed by atoms with Crippen LogP contribution in [0.2, 0.25) is 0 Å². The first kappa shape index (κ1) is 13.1. The summed E-state index contributed by atoms with van der Waals surface area (Å²) >= 11 is 0. The molecule has 1 aliphatic carbocycles. The highest BCUT2D eigenvalue weighted by molar-refractivity contribution is 5.54. The number of nitrogens with zero attached hydrogens (tertiary/aromatic N) is 3. The Bertz CT molecular complexity index is 845. The summed E-state index contributed by atoms with van der Waals surface area (Å²) < 4.78 is 7.04. The molecule has 2 aromatic heterocycles. The summed E-state index contributed by atoms with van der Waals surface area (Å²) in [6.07, 6.45) is 4.20. The number of H-pyrrole nitrogens is 1. The molecule has 22 heavy (non-hydrogen) atoms. The molecule has 0 aliphatic heterocycles. The minimum atomic E-state index is -0.230. The predicted molar refractivity (Wildman–Crippen MR) is 80.5 cm³/mol. The molecule has 0 unspecified atom stereocenters. The number of aromatic nitrogens is 4. The molecule has 3 aromatic rings. The van der Waals surface area contributed by atoms with Gasteiger partial charge in [0.15, 0.2) is 5.82 Å². The Morgan fingerprint density at radius 1 is 1.18 bits per heavy atom. The fourth-order valence-corrected chi connectivity index (χ4v) is 2.99. The number of fused-ring (bicyclic) bond motifs is 1. The van der Waals surface area contributed by atoms with Gasteiger partial charge in [0.25, 0.3) is 0 Å². The highest BCUT2D eigenvalue weighted by Gasteiger charge is 2.21. The Balaban J connectivity index is 1.74. The van der Waals surface area contributed by atoms with Gasteiger partial charge in [0.05, 0.1) is 6.54 Å². The van der Waals surface area contributed by atoms with Gasteiger partial charge in [-0.15, -0.1) is 0 Å². The van der Waals surface area contributed by atoms with E-state index in [1.807, 2.05) is 30.3 Å². The molecular weight excluding hydrogens is 280 g/mol. The van der Waals surface area contributed by atoms with Crippen molar-refractivity contribution in [1.82, 2.24) is 19.9 Å². The summed E-state index contributed by atoms with van der Waals surface area (Å²) in [5.41, 5.74) is 2.68. The number of hydrogen-bond acceptors (Lipinski definition) is 4. The van der Waals surface area contributed by atoms with Crippen molar-refractivity contribution in [3.05, 3.63) is 57.8 Å². The van der Waals surface area contributed by atoms with Crippen LogP contribution in [0.1, 0.15) is 29.9 Å². The minimum absolute atomic E-state index is 0.230. The molecule has 1 aromatic carbocycles. The molecule has 2 heterocycles. The highest BCUT2D eigenvalue weighted by atomic mass is 16.5. The monoisotopic (exact) mass is 296 g/mol. The molecule has 0 radical (unpaired) electrons. The van der Waals surface area contributed by atoms with E-state index in [-0.39, 0.29) is 5.69 Å². The number of aromatic amines is 1. The van der Waals surface area contributed by atoms with Crippen LogP contribution in [0.3, 0.4) is 0 Å². The third-order valence-electron chi connectivity index (χ3n) is 4.13. The molecule has 1 N–H and O–H groups in total. The molecule has 4 rings (SSSR count).